The summed E-state index contributed by atoms with van der Waals surface area (Å²) < 4.78 is 5.66. The first-order chi connectivity index (χ1) is 10.2. The molecule has 5 nitrogen and oxygen atoms in total. The maximum Gasteiger partial charge on any atom is 0.152 e. The van der Waals surface area contributed by atoms with Gasteiger partial charge in [-0.2, -0.15) is 5.10 Å². The lowest BCUT2D eigenvalue weighted by molar-refractivity contribution is 0.119. The highest BCUT2D eigenvalue weighted by Gasteiger charge is 2.31. The van der Waals surface area contributed by atoms with Crippen LogP contribution in [0.2, 0.25) is 0 Å². The first-order valence-electron chi connectivity index (χ1n) is 7.67. The Bertz CT molecular complexity index is 582. The van der Waals surface area contributed by atoms with Crippen LogP contribution in [0, 0.1) is 6.92 Å². The predicted molar refractivity (Wildman–Crippen MR) is 80.8 cm³/mol. The topological polar surface area (TPSA) is 74.1 Å². The number of aromatic nitrogens is 2. The summed E-state index contributed by atoms with van der Waals surface area (Å²) in [5.74, 6) is 1.70. The van der Waals surface area contributed by atoms with Gasteiger partial charge in [0.15, 0.2) is 5.76 Å². The second-order valence-electron chi connectivity index (χ2n) is 6.03. The van der Waals surface area contributed by atoms with Crippen molar-refractivity contribution in [2.45, 2.75) is 51.1 Å². The summed E-state index contributed by atoms with van der Waals surface area (Å²) in [4.78, 5) is 0. The van der Waals surface area contributed by atoms with Crippen molar-refractivity contribution in [2.24, 2.45) is 0 Å². The number of nitrogens with zero attached hydrogens (tertiary/aromatic N) is 1. The highest BCUT2D eigenvalue weighted by molar-refractivity contribution is 5.56. The Morgan fingerprint density at radius 1 is 1.33 bits per heavy atom. The Morgan fingerprint density at radius 3 is 2.81 bits per heavy atom. The van der Waals surface area contributed by atoms with E-state index in [1.165, 1.54) is 19.3 Å². The third-order valence-corrected chi connectivity index (χ3v) is 4.47. The van der Waals surface area contributed by atoms with Crippen molar-refractivity contribution in [3.63, 3.8) is 0 Å². The number of aryl methyl sites for hydroxylation is 1. The molecule has 2 aromatic rings. The van der Waals surface area contributed by atoms with Crippen LogP contribution in [0.5, 0.6) is 0 Å². The molecule has 21 heavy (non-hydrogen) atoms. The molecule has 0 spiro atoms. The molecule has 3 N–H and O–H groups in total. The summed E-state index contributed by atoms with van der Waals surface area (Å²) in [5, 5.41) is 20.4. The third kappa shape index (κ3) is 3.04. The molecule has 1 fully saturated rings. The minimum Gasteiger partial charge on any atom is -0.460 e. The lowest BCUT2D eigenvalue weighted by atomic mass is 9.82. The van der Waals surface area contributed by atoms with Crippen molar-refractivity contribution in [3.8, 4) is 11.5 Å². The predicted octanol–water partition coefficient (Wildman–Crippen LogP) is 2.76. The van der Waals surface area contributed by atoms with Gasteiger partial charge in [-0.15, -0.1) is 0 Å². The first kappa shape index (κ1) is 14.4. The van der Waals surface area contributed by atoms with Crippen molar-refractivity contribution in [3.05, 3.63) is 29.7 Å². The van der Waals surface area contributed by atoms with Crippen LogP contribution in [0.15, 0.2) is 22.7 Å². The molecular weight excluding hydrogens is 266 g/mol. The molecular formula is C16H23N3O2. The highest BCUT2D eigenvalue weighted by atomic mass is 16.3. The SMILES string of the molecule is Cc1ccc(-c2[nH]ncc2CNC2(CO)CCCCC2)o1. The van der Waals surface area contributed by atoms with E-state index in [0.717, 1.165) is 35.6 Å². The fourth-order valence-corrected chi connectivity index (χ4v) is 3.13. The van der Waals surface area contributed by atoms with Crippen LogP contribution in [-0.2, 0) is 6.54 Å². The molecule has 114 valence electrons. The number of hydrogen-bond donors (Lipinski definition) is 3. The smallest absolute Gasteiger partial charge is 0.152 e. The van der Waals surface area contributed by atoms with Gasteiger partial charge in [0.05, 0.1) is 12.8 Å². The third-order valence-electron chi connectivity index (χ3n) is 4.47. The van der Waals surface area contributed by atoms with Crippen LogP contribution in [0.1, 0.15) is 43.4 Å². The van der Waals surface area contributed by atoms with Gasteiger partial charge < -0.3 is 14.8 Å². The lowest BCUT2D eigenvalue weighted by Crippen LogP contribution is -2.49. The van der Waals surface area contributed by atoms with Gasteiger partial charge in [0.25, 0.3) is 0 Å². The molecule has 5 heteroatoms. The number of aliphatic hydroxyl groups excluding tert-OH is 1. The Morgan fingerprint density at radius 2 is 2.14 bits per heavy atom. The molecule has 1 aliphatic rings. The molecule has 0 bridgehead atoms. The second kappa shape index (κ2) is 6.03. The Labute approximate surface area is 124 Å². The number of aliphatic hydroxyl groups is 1. The normalized spacial score (nSPS) is 18.0. The van der Waals surface area contributed by atoms with E-state index in [-0.39, 0.29) is 12.1 Å². The summed E-state index contributed by atoms with van der Waals surface area (Å²) in [6, 6.07) is 3.90. The molecule has 2 aromatic heterocycles. The Hall–Kier alpha value is -1.59. The largest absolute Gasteiger partial charge is 0.460 e. The van der Waals surface area contributed by atoms with E-state index in [1.807, 2.05) is 25.3 Å². The lowest BCUT2D eigenvalue weighted by Gasteiger charge is -2.36. The van der Waals surface area contributed by atoms with Gasteiger partial charge in [0.2, 0.25) is 0 Å². The maximum atomic E-state index is 9.76. The van der Waals surface area contributed by atoms with Crippen molar-refractivity contribution >= 4 is 0 Å². The number of hydrogen-bond acceptors (Lipinski definition) is 4. The van der Waals surface area contributed by atoms with Crippen LogP contribution in [0.3, 0.4) is 0 Å². The molecule has 0 atom stereocenters. The molecule has 3 rings (SSSR count). The fourth-order valence-electron chi connectivity index (χ4n) is 3.13. The van der Waals surface area contributed by atoms with Gasteiger partial charge in [-0.3, -0.25) is 5.10 Å². The van der Waals surface area contributed by atoms with Crippen molar-refractivity contribution in [2.75, 3.05) is 6.61 Å². The second-order valence-corrected chi connectivity index (χ2v) is 6.03. The van der Waals surface area contributed by atoms with Crippen LogP contribution >= 0.6 is 0 Å². The van der Waals surface area contributed by atoms with Gasteiger partial charge in [0, 0.05) is 17.6 Å². The molecule has 0 unspecified atom stereocenters. The summed E-state index contributed by atoms with van der Waals surface area (Å²) in [5.41, 5.74) is 1.86. The van der Waals surface area contributed by atoms with Crippen LogP contribution in [0.4, 0.5) is 0 Å². The van der Waals surface area contributed by atoms with E-state index in [1.54, 1.807) is 0 Å². The summed E-state index contributed by atoms with van der Waals surface area (Å²) >= 11 is 0. The molecule has 1 saturated carbocycles. The highest BCUT2D eigenvalue weighted by Crippen LogP contribution is 2.29. The van der Waals surface area contributed by atoms with E-state index < -0.39 is 0 Å². The van der Waals surface area contributed by atoms with Gasteiger partial charge in [0.1, 0.15) is 11.5 Å². The van der Waals surface area contributed by atoms with Gasteiger partial charge in [-0.05, 0) is 31.9 Å². The van der Waals surface area contributed by atoms with E-state index in [2.05, 4.69) is 15.5 Å². The summed E-state index contributed by atoms with van der Waals surface area (Å²) in [7, 11) is 0. The molecule has 1 aliphatic carbocycles. The quantitative estimate of drug-likeness (QED) is 0.791. The fraction of sp³-hybridized carbons (Fsp3) is 0.562. The summed E-state index contributed by atoms with van der Waals surface area (Å²) in [6.07, 6.45) is 7.54. The average molecular weight is 289 g/mol. The molecule has 0 aromatic carbocycles. The maximum absolute atomic E-state index is 9.76. The zero-order chi connectivity index (χ0) is 14.7. The van der Waals surface area contributed by atoms with Gasteiger partial charge in [-0.1, -0.05) is 19.3 Å². The number of H-pyrrole nitrogens is 1. The summed E-state index contributed by atoms with van der Waals surface area (Å²) in [6.45, 7) is 2.81. The van der Waals surface area contributed by atoms with E-state index in [0.29, 0.717) is 6.54 Å². The van der Waals surface area contributed by atoms with Crippen LogP contribution in [-0.4, -0.2) is 27.4 Å². The van der Waals surface area contributed by atoms with Crippen LogP contribution in [0.25, 0.3) is 11.5 Å². The number of rotatable bonds is 5. The molecule has 2 heterocycles. The minimum absolute atomic E-state index is 0.133. The molecule has 0 saturated heterocycles. The van der Waals surface area contributed by atoms with Crippen molar-refractivity contribution < 1.29 is 9.52 Å². The molecule has 0 amide bonds. The van der Waals surface area contributed by atoms with Gasteiger partial charge >= 0.3 is 0 Å². The van der Waals surface area contributed by atoms with E-state index in [9.17, 15) is 5.11 Å². The monoisotopic (exact) mass is 289 g/mol. The molecule has 0 aliphatic heterocycles. The average Bonchev–Trinajstić information content (AvgIpc) is 3.14. The Kier molecular flexibility index (Phi) is 4.12. The first-order valence-corrected chi connectivity index (χ1v) is 7.67. The van der Waals surface area contributed by atoms with E-state index in [4.69, 9.17) is 4.42 Å². The number of furan rings is 1. The zero-order valence-electron chi connectivity index (χ0n) is 12.5. The minimum atomic E-state index is -0.133. The van der Waals surface area contributed by atoms with Crippen molar-refractivity contribution in [1.29, 1.82) is 0 Å². The van der Waals surface area contributed by atoms with Crippen LogP contribution < -0.4 is 5.32 Å². The number of aromatic amines is 1. The molecule has 0 radical (unpaired) electrons. The zero-order valence-corrected chi connectivity index (χ0v) is 12.5. The van der Waals surface area contributed by atoms with E-state index >= 15 is 0 Å². The van der Waals surface area contributed by atoms with Gasteiger partial charge in [-0.25, -0.2) is 0 Å². The number of nitrogens with one attached hydrogen (secondary N) is 2. The standard InChI is InChI=1S/C16H23N3O2/c1-12-5-6-14(21-12)15-13(10-18-19-15)9-17-16(11-20)7-3-2-4-8-16/h5-6,10,17,20H,2-4,7-9,11H2,1H3,(H,18,19). The Balaban J connectivity index is 1.72. The van der Waals surface area contributed by atoms with Crippen molar-refractivity contribution in [1.82, 2.24) is 15.5 Å².